The zero-order valence-electron chi connectivity index (χ0n) is 17.0. The Bertz CT molecular complexity index is 655. The van der Waals surface area contributed by atoms with Crippen LogP contribution in [0.4, 0.5) is 0 Å². The molecular weight excluding hydrogens is 374 g/mol. The fourth-order valence-electron chi connectivity index (χ4n) is 4.64. The van der Waals surface area contributed by atoms with Crippen molar-refractivity contribution in [3.05, 3.63) is 5.82 Å². The van der Waals surface area contributed by atoms with Crippen LogP contribution in [-0.4, -0.2) is 81.7 Å². The molecule has 4 heterocycles. The number of aromatic nitrogens is 3. The number of rotatable bonds is 7. The van der Waals surface area contributed by atoms with Crippen molar-refractivity contribution >= 4 is 17.7 Å². The van der Waals surface area contributed by atoms with Gasteiger partial charge in [-0.15, -0.1) is 10.2 Å². The summed E-state index contributed by atoms with van der Waals surface area (Å²) in [4.78, 5) is 17.3. The first-order chi connectivity index (χ1) is 13.8. The molecule has 0 aliphatic carbocycles. The number of carbonyl (C=O) groups excluding carboxylic acids is 1. The second-order valence-corrected chi connectivity index (χ2v) is 9.17. The van der Waals surface area contributed by atoms with Crippen LogP contribution >= 0.6 is 11.8 Å². The first-order valence-corrected chi connectivity index (χ1v) is 11.9. The van der Waals surface area contributed by atoms with E-state index in [1.54, 1.807) is 0 Å². The molecule has 3 fully saturated rings. The van der Waals surface area contributed by atoms with E-state index in [1.807, 2.05) is 16.7 Å². The molecule has 3 saturated heterocycles. The molecule has 4 rings (SSSR count). The van der Waals surface area contributed by atoms with Gasteiger partial charge in [-0.25, -0.2) is 0 Å². The van der Waals surface area contributed by atoms with Crippen LogP contribution in [0.15, 0.2) is 5.16 Å². The fraction of sp³-hybridized carbons (Fsp3) is 0.850. The van der Waals surface area contributed by atoms with Crippen LogP contribution in [0.5, 0.6) is 0 Å². The summed E-state index contributed by atoms with van der Waals surface area (Å²) in [5.41, 5.74) is 0. The second-order valence-electron chi connectivity index (χ2n) is 8.11. The van der Waals surface area contributed by atoms with Gasteiger partial charge >= 0.3 is 0 Å². The molecular formula is C20H33N5O2S. The van der Waals surface area contributed by atoms with E-state index in [-0.39, 0.29) is 17.9 Å². The van der Waals surface area contributed by atoms with Gasteiger partial charge in [0.25, 0.3) is 5.91 Å². The summed E-state index contributed by atoms with van der Waals surface area (Å²) in [6.45, 7) is 8.95. The van der Waals surface area contributed by atoms with Crippen molar-refractivity contribution < 1.29 is 9.53 Å². The van der Waals surface area contributed by atoms with E-state index in [4.69, 9.17) is 4.74 Å². The fourth-order valence-corrected chi connectivity index (χ4v) is 5.65. The Kier molecular flexibility index (Phi) is 6.90. The summed E-state index contributed by atoms with van der Waals surface area (Å²) < 4.78 is 7.88. The molecule has 0 bridgehead atoms. The van der Waals surface area contributed by atoms with Crippen molar-refractivity contribution in [2.75, 3.05) is 45.1 Å². The van der Waals surface area contributed by atoms with Gasteiger partial charge in [-0.1, -0.05) is 11.8 Å². The molecule has 2 atom stereocenters. The van der Waals surface area contributed by atoms with Gasteiger partial charge in [0.1, 0.15) is 11.9 Å². The number of piperidine rings is 1. The minimum atomic E-state index is -0.223. The molecule has 28 heavy (non-hydrogen) atoms. The quantitative estimate of drug-likeness (QED) is 0.647. The van der Waals surface area contributed by atoms with E-state index in [1.165, 1.54) is 25.9 Å². The van der Waals surface area contributed by atoms with Crippen molar-refractivity contribution in [3.63, 3.8) is 0 Å². The largest absolute Gasteiger partial charge is 0.368 e. The molecule has 0 radical (unpaired) electrons. The van der Waals surface area contributed by atoms with Crippen LogP contribution in [0.2, 0.25) is 0 Å². The predicted molar refractivity (Wildman–Crippen MR) is 110 cm³/mol. The molecule has 0 aromatic carbocycles. The Labute approximate surface area is 172 Å². The Hall–Kier alpha value is -1.12. The van der Waals surface area contributed by atoms with Gasteiger partial charge in [-0.05, 0) is 58.5 Å². The lowest BCUT2D eigenvalue weighted by Gasteiger charge is -2.33. The maximum Gasteiger partial charge on any atom is 0.251 e. The number of ether oxygens (including phenoxy) is 1. The number of hydrogen-bond donors (Lipinski definition) is 0. The van der Waals surface area contributed by atoms with E-state index >= 15 is 0 Å². The minimum Gasteiger partial charge on any atom is -0.368 e. The average Bonchev–Trinajstić information content (AvgIpc) is 3.49. The van der Waals surface area contributed by atoms with Crippen molar-refractivity contribution in [3.8, 4) is 0 Å². The predicted octanol–water partition coefficient (Wildman–Crippen LogP) is 2.37. The molecule has 1 amide bonds. The topological polar surface area (TPSA) is 63.5 Å². The molecule has 7 nitrogen and oxygen atoms in total. The summed E-state index contributed by atoms with van der Waals surface area (Å²) in [6, 6.07) is 0. The maximum absolute atomic E-state index is 12.8. The van der Waals surface area contributed by atoms with Gasteiger partial charge in [-0.3, -0.25) is 4.79 Å². The molecule has 0 unspecified atom stereocenters. The monoisotopic (exact) mass is 407 g/mol. The van der Waals surface area contributed by atoms with E-state index in [0.717, 1.165) is 75.2 Å². The van der Waals surface area contributed by atoms with Crippen LogP contribution in [0.25, 0.3) is 0 Å². The van der Waals surface area contributed by atoms with Gasteiger partial charge in [0.15, 0.2) is 5.16 Å². The highest BCUT2D eigenvalue weighted by Gasteiger charge is 2.33. The number of amides is 1. The normalized spacial score (nSPS) is 26.2. The third-order valence-corrected chi connectivity index (χ3v) is 7.15. The standard InChI is InChI=1S/C20H33N5O2S/c1-2-25-18(21-22-20(25)28-14-12-23-9-3-4-10-23)16-7-5-11-24(15-16)19(26)17-8-6-13-27-17/h16-17H,2-15H2,1H3/t16-,17+/m1/s1. The van der Waals surface area contributed by atoms with Gasteiger partial charge < -0.3 is 19.1 Å². The summed E-state index contributed by atoms with van der Waals surface area (Å²) in [5.74, 6) is 2.56. The van der Waals surface area contributed by atoms with E-state index in [0.29, 0.717) is 0 Å². The Morgan fingerprint density at radius 2 is 2.00 bits per heavy atom. The van der Waals surface area contributed by atoms with Crippen molar-refractivity contribution in [2.24, 2.45) is 0 Å². The van der Waals surface area contributed by atoms with Crippen LogP contribution < -0.4 is 0 Å². The summed E-state index contributed by atoms with van der Waals surface area (Å²) in [6.07, 6.45) is 6.41. The molecule has 8 heteroatoms. The lowest BCUT2D eigenvalue weighted by molar-refractivity contribution is -0.142. The van der Waals surface area contributed by atoms with E-state index in [2.05, 4.69) is 26.6 Å². The van der Waals surface area contributed by atoms with Crippen LogP contribution in [0.1, 0.15) is 57.2 Å². The molecule has 0 saturated carbocycles. The van der Waals surface area contributed by atoms with E-state index in [9.17, 15) is 4.79 Å². The average molecular weight is 408 g/mol. The number of likely N-dealkylation sites (tertiary alicyclic amines) is 2. The smallest absolute Gasteiger partial charge is 0.251 e. The molecule has 1 aromatic heterocycles. The first kappa shape index (κ1) is 20.2. The minimum absolute atomic E-state index is 0.171. The SMILES string of the molecule is CCn1c(SCCN2CCCC2)nnc1[C@@H]1CCCN(C(=O)[C@@H]2CCCO2)C1. The third kappa shape index (κ3) is 4.54. The second kappa shape index (κ2) is 9.59. The van der Waals surface area contributed by atoms with E-state index < -0.39 is 0 Å². The lowest BCUT2D eigenvalue weighted by atomic mass is 9.96. The number of thioether (sulfide) groups is 1. The molecule has 1 aromatic rings. The molecule has 0 N–H and O–H groups in total. The van der Waals surface area contributed by atoms with Gasteiger partial charge in [-0.2, -0.15) is 0 Å². The highest BCUT2D eigenvalue weighted by molar-refractivity contribution is 7.99. The van der Waals surface area contributed by atoms with Crippen molar-refractivity contribution in [2.45, 2.75) is 69.2 Å². The molecule has 3 aliphatic rings. The number of carbonyl (C=O) groups is 1. The highest BCUT2D eigenvalue weighted by atomic mass is 32.2. The summed E-state index contributed by atoms with van der Waals surface area (Å²) in [5, 5.41) is 10.1. The first-order valence-electron chi connectivity index (χ1n) is 10.9. The van der Waals surface area contributed by atoms with Gasteiger partial charge in [0, 0.05) is 44.5 Å². The lowest BCUT2D eigenvalue weighted by Crippen LogP contribution is -2.44. The number of hydrogen-bond acceptors (Lipinski definition) is 6. The van der Waals surface area contributed by atoms with Crippen LogP contribution in [-0.2, 0) is 16.1 Å². The van der Waals surface area contributed by atoms with Gasteiger partial charge in [0.2, 0.25) is 0 Å². The zero-order valence-corrected chi connectivity index (χ0v) is 17.8. The Balaban J connectivity index is 1.37. The molecule has 156 valence electrons. The van der Waals surface area contributed by atoms with Crippen molar-refractivity contribution in [1.29, 1.82) is 0 Å². The molecule has 3 aliphatic heterocycles. The Morgan fingerprint density at radius 3 is 2.75 bits per heavy atom. The maximum atomic E-state index is 12.8. The zero-order chi connectivity index (χ0) is 19.3. The van der Waals surface area contributed by atoms with Crippen molar-refractivity contribution in [1.82, 2.24) is 24.6 Å². The third-order valence-electron chi connectivity index (χ3n) is 6.20. The summed E-state index contributed by atoms with van der Waals surface area (Å²) >= 11 is 1.82. The summed E-state index contributed by atoms with van der Waals surface area (Å²) in [7, 11) is 0. The molecule has 0 spiro atoms. The van der Waals surface area contributed by atoms with Gasteiger partial charge in [0.05, 0.1) is 0 Å². The van der Waals surface area contributed by atoms with Crippen LogP contribution in [0, 0.1) is 0 Å². The van der Waals surface area contributed by atoms with Crippen LogP contribution in [0.3, 0.4) is 0 Å². The number of nitrogens with zero attached hydrogens (tertiary/aromatic N) is 5. The highest BCUT2D eigenvalue weighted by Crippen LogP contribution is 2.30. The Morgan fingerprint density at radius 1 is 1.14 bits per heavy atom.